The number of nitrogens with one attached hydrogen (secondary N) is 2. The van der Waals surface area contributed by atoms with Crippen LogP contribution in [-0.4, -0.2) is 26.0 Å². The highest BCUT2D eigenvalue weighted by molar-refractivity contribution is 5.96. The fourth-order valence-electron chi connectivity index (χ4n) is 3.06. The first-order valence-corrected chi connectivity index (χ1v) is 9.53. The van der Waals surface area contributed by atoms with Crippen LogP contribution in [0.5, 0.6) is 11.5 Å². The number of methoxy groups -OCH3 is 2. The Hall–Kier alpha value is -3.80. The Morgan fingerprint density at radius 1 is 0.867 bits per heavy atom. The van der Waals surface area contributed by atoms with Gasteiger partial charge >= 0.3 is 0 Å². The van der Waals surface area contributed by atoms with Crippen molar-refractivity contribution in [3.05, 3.63) is 90.0 Å². The lowest BCUT2D eigenvalue weighted by molar-refractivity contribution is -0.116. The standard InChI is InChI=1S/C24H24N2O4/c1-29-19-13-14-20(22(15-19)30-2)25-23(27)16-21(17-9-5-3-6-10-17)26-24(28)18-11-7-4-8-12-18/h3-15,21H,16H2,1-2H3,(H,25,27)(H,26,28). The number of ether oxygens (including phenoxy) is 2. The Kier molecular flexibility index (Phi) is 7.05. The fourth-order valence-corrected chi connectivity index (χ4v) is 3.06. The Labute approximate surface area is 175 Å². The van der Waals surface area contributed by atoms with Crippen LogP contribution < -0.4 is 20.1 Å². The zero-order chi connectivity index (χ0) is 21.3. The molecule has 2 N–H and O–H groups in total. The van der Waals surface area contributed by atoms with Crippen LogP contribution >= 0.6 is 0 Å². The van der Waals surface area contributed by atoms with Gasteiger partial charge in [0.25, 0.3) is 5.91 Å². The summed E-state index contributed by atoms with van der Waals surface area (Å²) >= 11 is 0. The zero-order valence-electron chi connectivity index (χ0n) is 16.9. The quantitative estimate of drug-likeness (QED) is 0.590. The molecule has 30 heavy (non-hydrogen) atoms. The molecule has 0 aliphatic heterocycles. The summed E-state index contributed by atoms with van der Waals surface area (Å²) in [6.45, 7) is 0. The van der Waals surface area contributed by atoms with E-state index < -0.39 is 6.04 Å². The third kappa shape index (κ3) is 5.38. The third-order valence-electron chi connectivity index (χ3n) is 4.62. The molecule has 0 aliphatic carbocycles. The number of anilines is 1. The third-order valence-corrected chi connectivity index (χ3v) is 4.62. The second-order valence-electron chi connectivity index (χ2n) is 6.62. The fraction of sp³-hybridized carbons (Fsp3) is 0.167. The minimum Gasteiger partial charge on any atom is -0.497 e. The molecule has 0 saturated carbocycles. The first-order valence-electron chi connectivity index (χ1n) is 9.53. The lowest BCUT2D eigenvalue weighted by Crippen LogP contribution is -2.31. The van der Waals surface area contributed by atoms with E-state index in [9.17, 15) is 9.59 Å². The van der Waals surface area contributed by atoms with Gasteiger partial charge in [0, 0.05) is 11.6 Å². The van der Waals surface area contributed by atoms with Crippen molar-refractivity contribution in [3.8, 4) is 11.5 Å². The smallest absolute Gasteiger partial charge is 0.251 e. The van der Waals surface area contributed by atoms with Gasteiger partial charge in [-0.2, -0.15) is 0 Å². The monoisotopic (exact) mass is 404 g/mol. The largest absolute Gasteiger partial charge is 0.497 e. The van der Waals surface area contributed by atoms with E-state index in [0.717, 1.165) is 5.56 Å². The number of hydrogen-bond acceptors (Lipinski definition) is 4. The Balaban J connectivity index is 1.76. The average Bonchev–Trinajstić information content (AvgIpc) is 2.80. The minimum atomic E-state index is -0.483. The van der Waals surface area contributed by atoms with Crippen LogP contribution in [0, 0.1) is 0 Å². The number of amides is 2. The van der Waals surface area contributed by atoms with Crippen molar-refractivity contribution >= 4 is 17.5 Å². The first kappa shape index (κ1) is 20.9. The molecule has 6 nitrogen and oxygen atoms in total. The van der Waals surface area contributed by atoms with Crippen molar-refractivity contribution in [2.75, 3.05) is 19.5 Å². The molecule has 0 aromatic heterocycles. The van der Waals surface area contributed by atoms with Crippen LogP contribution in [0.2, 0.25) is 0 Å². The molecule has 0 fully saturated rings. The molecule has 2 amide bonds. The van der Waals surface area contributed by atoms with Gasteiger partial charge in [0.15, 0.2) is 0 Å². The molecule has 0 bridgehead atoms. The van der Waals surface area contributed by atoms with Gasteiger partial charge in [0.05, 0.1) is 32.4 Å². The summed E-state index contributed by atoms with van der Waals surface area (Å²) in [6, 6.07) is 23.0. The Morgan fingerprint density at radius 2 is 1.53 bits per heavy atom. The predicted molar refractivity (Wildman–Crippen MR) is 116 cm³/mol. The van der Waals surface area contributed by atoms with Crippen molar-refractivity contribution in [3.63, 3.8) is 0 Å². The van der Waals surface area contributed by atoms with E-state index in [2.05, 4.69) is 10.6 Å². The minimum absolute atomic E-state index is 0.0672. The molecule has 0 saturated heterocycles. The summed E-state index contributed by atoms with van der Waals surface area (Å²) in [5.74, 6) is 0.634. The molecular weight excluding hydrogens is 380 g/mol. The van der Waals surface area contributed by atoms with Crippen LogP contribution in [0.4, 0.5) is 5.69 Å². The predicted octanol–water partition coefficient (Wildman–Crippen LogP) is 4.20. The Morgan fingerprint density at radius 3 is 2.17 bits per heavy atom. The highest BCUT2D eigenvalue weighted by Crippen LogP contribution is 2.29. The maximum atomic E-state index is 12.8. The highest BCUT2D eigenvalue weighted by Gasteiger charge is 2.20. The summed E-state index contributed by atoms with van der Waals surface area (Å²) in [7, 11) is 3.09. The van der Waals surface area contributed by atoms with E-state index in [1.165, 1.54) is 7.11 Å². The van der Waals surface area contributed by atoms with Crippen molar-refractivity contribution in [2.24, 2.45) is 0 Å². The van der Waals surface area contributed by atoms with Gasteiger partial charge in [-0.05, 0) is 29.8 Å². The number of hydrogen-bond donors (Lipinski definition) is 2. The summed E-state index contributed by atoms with van der Waals surface area (Å²) in [6.07, 6.45) is 0.0672. The lowest BCUT2D eigenvalue weighted by atomic mass is 10.0. The molecule has 3 aromatic carbocycles. The van der Waals surface area contributed by atoms with Crippen molar-refractivity contribution in [1.82, 2.24) is 5.32 Å². The van der Waals surface area contributed by atoms with Crippen molar-refractivity contribution < 1.29 is 19.1 Å². The van der Waals surface area contributed by atoms with Gasteiger partial charge in [0.2, 0.25) is 5.91 Å². The molecule has 0 heterocycles. The van der Waals surface area contributed by atoms with E-state index >= 15 is 0 Å². The van der Waals surface area contributed by atoms with Crippen LogP contribution in [0.15, 0.2) is 78.9 Å². The van der Waals surface area contributed by atoms with Gasteiger partial charge in [-0.1, -0.05) is 48.5 Å². The summed E-state index contributed by atoms with van der Waals surface area (Å²) < 4.78 is 10.5. The number of carbonyl (C=O) groups is 2. The van der Waals surface area contributed by atoms with Crippen LogP contribution in [0.1, 0.15) is 28.4 Å². The van der Waals surface area contributed by atoms with Crippen LogP contribution in [0.3, 0.4) is 0 Å². The van der Waals surface area contributed by atoms with Crippen molar-refractivity contribution in [1.29, 1.82) is 0 Å². The molecular formula is C24H24N2O4. The SMILES string of the molecule is COc1ccc(NC(=O)CC(NC(=O)c2ccccc2)c2ccccc2)c(OC)c1. The van der Waals surface area contributed by atoms with Gasteiger partial charge in [-0.25, -0.2) is 0 Å². The van der Waals surface area contributed by atoms with Gasteiger partial charge in [0.1, 0.15) is 11.5 Å². The van der Waals surface area contributed by atoms with Gasteiger partial charge < -0.3 is 20.1 Å². The number of rotatable bonds is 8. The van der Waals surface area contributed by atoms with Crippen molar-refractivity contribution in [2.45, 2.75) is 12.5 Å². The van der Waals surface area contributed by atoms with E-state index in [-0.39, 0.29) is 18.2 Å². The topological polar surface area (TPSA) is 76.7 Å². The number of carbonyl (C=O) groups excluding carboxylic acids is 2. The average molecular weight is 404 g/mol. The normalized spacial score (nSPS) is 11.3. The van der Waals surface area contributed by atoms with Crippen LogP contribution in [-0.2, 0) is 4.79 Å². The lowest BCUT2D eigenvalue weighted by Gasteiger charge is -2.20. The van der Waals surface area contributed by atoms with E-state index in [0.29, 0.717) is 22.7 Å². The molecule has 1 atom stereocenters. The number of benzene rings is 3. The van der Waals surface area contributed by atoms with E-state index in [1.54, 1.807) is 49.6 Å². The molecule has 6 heteroatoms. The summed E-state index contributed by atoms with van der Waals surface area (Å²) in [5, 5.41) is 5.82. The molecule has 0 spiro atoms. The highest BCUT2D eigenvalue weighted by atomic mass is 16.5. The molecule has 3 aromatic rings. The molecule has 154 valence electrons. The van der Waals surface area contributed by atoms with E-state index in [4.69, 9.17) is 9.47 Å². The zero-order valence-corrected chi connectivity index (χ0v) is 16.9. The van der Waals surface area contributed by atoms with Crippen LogP contribution in [0.25, 0.3) is 0 Å². The molecule has 0 aliphatic rings. The maximum Gasteiger partial charge on any atom is 0.251 e. The maximum absolute atomic E-state index is 12.8. The second kappa shape index (κ2) is 10.1. The summed E-state index contributed by atoms with van der Waals surface area (Å²) in [5.41, 5.74) is 1.92. The Bertz CT molecular complexity index is 991. The first-order chi connectivity index (χ1) is 14.6. The van der Waals surface area contributed by atoms with Gasteiger partial charge in [-0.3, -0.25) is 9.59 Å². The molecule has 1 unspecified atom stereocenters. The van der Waals surface area contributed by atoms with Gasteiger partial charge in [-0.15, -0.1) is 0 Å². The second-order valence-corrected chi connectivity index (χ2v) is 6.62. The molecule has 0 radical (unpaired) electrons. The summed E-state index contributed by atoms with van der Waals surface area (Å²) in [4.78, 5) is 25.5. The van der Waals surface area contributed by atoms with E-state index in [1.807, 2.05) is 36.4 Å². The molecule has 3 rings (SSSR count).